The van der Waals surface area contributed by atoms with Crippen molar-refractivity contribution in [3.63, 3.8) is 0 Å². The summed E-state index contributed by atoms with van der Waals surface area (Å²) in [6.45, 7) is 0. The molecule has 0 aliphatic rings. The van der Waals surface area contributed by atoms with Crippen molar-refractivity contribution < 1.29 is 39.0 Å². The van der Waals surface area contributed by atoms with E-state index in [1.807, 2.05) is 0 Å². The quantitative estimate of drug-likeness (QED) is 0.387. The van der Waals surface area contributed by atoms with Crippen molar-refractivity contribution in [2.45, 2.75) is 0 Å². The Bertz CT molecular complexity index is 190. The molecule has 0 atom stereocenters. The molecule has 1 aromatic rings. The van der Waals surface area contributed by atoms with E-state index in [1.54, 1.807) is 32.4 Å². The van der Waals surface area contributed by atoms with Gasteiger partial charge in [-0.25, -0.2) is 0 Å². The predicted octanol–water partition coefficient (Wildman–Crippen LogP) is -1.49. The summed E-state index contributed by atoms with van der Waals surface area (Å²) < 4.78 is 9.97. The Morgan fingerprint density at radius 3 is 2.27 bits per heavy atom. The van der Waals surface area contributed by atoms with Gasteiger partial charge in [0.2, 0.25) is 0 Å². The topological polar surface area (TPSA) is 18.5 Å². The van der Waals surface area contributed by atoms with Crippen molar-refractivity contribution in [2.24, 2.45) is 0 Å². The van der Waals surface area contributed by atoms with Crippen LogP contribution in [0.1, 0.15) is 0 Å². The molecule has 0 N–H and O–H groups in total. The van der Waals surface area contributed by atoms with Crippen LogP contribution in [0.5, 0.6) is 11.5 Å². The Labute approximate surface area is 88.8 Å². The molecule has 2 nitrogen and oxygen atoms in total. The van der Waals surface area contributed by atoms with Crippen LogP contribution in [0.4, 0.5) is 0 Å². The molecule has 0 spiro atoms. The van der Waals surface area contributed by atoms with Gasteiger partial charge in [-0.2, -0.15) is 12.1 Å². The molecule has 0 amide bonds. The van der Waals surface area contributed by atoms with E-state index in [1.165, 1.54) is 0 Å². The fourth-order valence-electron chi connectivity index (χ4n) is 0.729. The molecule has 0 unspecified atom stereocenters. The summed E-state index contributed by atoms with van der Waals surface area (Å²) >= 11 is 0. The Kier molecular flexibility index (Phi) is 5.38. The zero-order valence-corrected chi connectivity index (χ0v) is 9.05. The smallest absolute Gasteiger partial charge is 0.551 e. The van der Waals surface area contributed by atoms with Crippen LogP contribution in [-0.4, -0.2) is 14.2 Å². The summed E-state index contributed by atoms with van der Waals surface area (Å²) in [6.07, 6.45) is 0. The first-order valence-corrected chi connectivity index (χ1v) is 2.96. The minimum atomic E-state index is 0. The molecular formula is C8H9NaO2. The Morgan fingerprint density at radius 1 is 1.18 bits per heavy atom. The van der Waals surface area contributed by atoms with E-state index in [4.69, 9.17) is 9.47 Å². The number of ether oxygens (including phenoxy) is 2. The molecule has 54 valence electrons. The van der Waals surface area contributed by atoms with Gasteiger partial charge in [0.05, 0.1) is 20.0 Å². The first-order chi connectivity index (χ1) is 4.88. The van der Waals surface area contributed by atoms with Crippen LogP contribution in [-0.2, 0) is 0 Å². The molecule has 0 heterocycles. The zero-order chi connectivity index (χ0) is 7.40. The van der Waals surface area contributed by atoms with E-state index < -0.39 is 0 Å². The van der Waals surface area contributed by atoms with Gasteiger partial charge < -0.3 is 9.47 Å². The second kappa shape index (κ2) is 5.47. The van der Waals surface area contributed by atoms with Gasteiger partial charge >= 0.3 is 29.6 Å². The standard InChI is InChI=1S/C8H9O2.Na/c1-9-7-5-3-4-6-8(7)10-2;/h3,5-6H,1-2H3;/q-1;+1. The second-order valence-corrected chi connectivity index (χ2v) is 1.78. The molecule has 0 fully saturated rings. The summed E-state index contributed by atoms with van der Waals surface area (Å²) in [5, 5.41) is 0. The van der Waals surface area contributed by atoms with Crippen LogP contribution >= 0.6 is 0 Å². The summed E-state index contributed by atoms with van der Waals surface area (Å²) in [7, 11) is 3.21. The van der Waals surface area contributed by atoms with Gasteiger partial charge in [-0.3, -0.25) is 0 Å². The van der Waals surface area contributed by atoms with Crippen molar-refractivity contribution >= 4 is 0 Å². The van der Waals surface area contributed by atoms with Crippen LogP contribution < -0.4 is 39.0 Å². The van der Waals surface area contributed by atoms with Crippen LogP contribution in [0, 0.1) is 6.07 Å². The molecule has 0 saturated heterocycles. The molecule has 0 aromatic heterocycles. The van der Waals surface area contributed by atoms with Gasteiger partial charge in [-0.15, -0.1) is 12.1 Å². The van der Waals surface area contributed by atoms with Crippen LogP contribution in [0.2, 0.25) is 0 Å². The molecule has 1 aromatic carbocycles. The second-order valence-electron chi connectivity index (χ2n) is 1.78. The summed E-state index contributed by atoms with van der Waals surface area (Å²) in [4.78, 5) is 0. The molecule has 0 saturated carbocycles. The van der Waals surface area contributed by atoms with E-state index in [9.17, 15) is 0 Å². The monoisotopic (exact) mass is 160 g/mol. The Balaban J connectivity index is 0.000001000. The number of hydrogen-bond donors (Lipinski definition) is 0. The Hall–Kier alpha value is -0.180. The van der Waals surface area contributed by atoms with Crippen molar-refractivity contribution in [3.8, 4) is 11.5 Å². The van der Waals surface area contributed by atoms with Gasteiger partial charge in [-0.05, 0) is 0 Å². The first-order valence-electron chi connectivity index (χ1n) is 2.96. The third-order valence-electron chi connectivity index (χ3n) is 1.23. The molecule has 0 radical (unpaired) electrons. The molecule has 0 aliphatic heterocycles. The minimum Gasteiger partial charge on any atom is -0.551 e. The number of methoxy groups -OCH3 is 2. The minimum absolute atomic E-state index is 0. The zero-order valence-electron chi connectivity index (χ0n) is 7.05. The van der Waals surface area contributed by atoms with E-state index in [0.29, 0.717) is 5.75 Å². The summed E-state index contributed by atoms with van der Waals surface area (Å²) in [5.41, 5.74) is 0. The summed E-state index contributed by atoms with van der Waals surface area (Å²) in [6, 6.07) is 8.20. The van der Waals surface area contributed by atoms with E-state index in [0.717, 1.165) is 5.75 Å². The number of hydrogen-bond acceptors (Lipinski definition) is 2. The van der Waals surface area contributed by atoms with Crippen molar-refractivity contribution in [2.75, 3.05) is 14.2 Å². The van der Waals surface area contributed by atoms with Gasteiger partial charge in [0, 0.05) is 5.75 Å². The van der Waals surface area contributed by atoms with Crippen molar-refractivity contribution in [1.29, 1.82) is 0 Å². The molecule has 11 heavy (non-hydrogen) atoms. The van der Waals surface area contributed by atoms with Gasteiger partial charge in [0.1, 0.15) is 0 Å². The molecule has 0 aliphatic carbocycles. The third-order valence-corrected chi connectivity index (χ3v) is 1.23. The maximum atomic E-state index is 4.99. The van der Waals surface area contributed by atoms with Gasteiger partial charge in [0.15, 0.2) is 0 Å². The molecular weight excluding hydrogens is 151 g/mol. The van der Waals surface area contributed by atoms with E-state index in [-0.39, 0.29) is 29.6 Å². The summed E-state index contributed by atoms with van der Waals surface area (Å²) in [5.74, 6) is 1.45. The third kappa shape index (κ3) is 2.73. The van der Waals surface area contributed by atoms with Crippen molar-refractivity contribution in [1.82, 2.24) is 0 Å². The van der Waals surface area contributed by atoms with Crippen LogP contribution in [0.15, 0.2) is 18.2 Å². The number of rotatable bonds is 2. The molecule has 0 bridgehead atoms. The predicted molar refractivity (Wildman–Crippen MR) is 38.4 cm³/mol. The Morgan fingerprint density at radius 2 is 1.82 bits per heavy atom. The largest absolute Gasteiger partial charge is 1.00 e. The molecule has 3 heteroatoms. The van der Waals surface area contributed by atoms with Crippen LogP contribution in [0.3, 0.4) is 0 Å². The maximum Gasteiger partial charge on any atom is 1.00 e. The maximum absolute atomic E-state index is 4.99. The number of benzene rings is 1. The normalized spacial score (nSPS) is 8.18. The fraction of sp³-hybridized carbons (Fsp3) is 0.250. The average Bonchev–Trinajstić information content (AvgIpc) is 2.04. The SMILES string of the molecule is COc1c[c-]ccc1OC.[Na+]. The first kappa shape index (κ1) is 10.8. The average molecular weight is 160 g/mol. The van der Waals surface area contributed by atoms with E-state index >= 15 is 0 Å². The van der Waals surface area contributed by atoms with Crippen LogP contribution in [0.25, 0.3) is 0 Å². The fourth-order valence-corrected chi connectivity index (χ4v) is 0.729. The molecule has 1 rings (SSSR count). The van der Waals surface area contributed by atoms with E-state index in [2.05, 4.69) is 6.07 Å². The van der Waals surface area contributed by atoms with Gasteiger partial charge in [-0.1, -0.05) is 0 Å². The van der Waals surface area contributed by atoms with Crippen molar-refractivity contribution in [3.05, 3.63) is 24.3 Å². The van der Waals surface area contributed by atoms with Gasteiger partial charge in [0.25, 0.3) is 0 Å².